The Morgan fingerprint density at radius 3 is 1.44 bits per heavy atom. The van der Waals surface area contributed by atoms with Gasteiger partial charge < -0.3 is 15.7 Å². The molecular weight excluding hydrogens is 771 g/mol. The van der Waals surface area contributed by atoms with E-state index in [1.54, 1.807) is 22.7 Å². The minimum absolute atomic E-state index is 0.0989. The van der Waals surface area contributed by atoms with E-state index in [0.717, 1.165) is 69.8 Å². The first kappa shape index (κ1) is 44.6. The predicted molar refractivity (Wildman–Crippen MR) is 235 cm³/mol. The monoisotopic (exact) mass is 826 g/mol. The number of azo groups is 3. The summed E-state index contributed by atoms with van der Waals surface area (Å²) in [4.78, 5) is 0. The highest BCUT2D eigenvalue weighted by Crippen LogP contribution is 2.23. The fourth-order valence-electron chi connectivity index (χ4n) is 4.88. The van der Waals surface area contributed by atoms with Gasteiger partial charge in [-0.1, -0.05) is 45.7 Å². The lowest BCUT2D eigenvalue weighted by molar-refractivity contribution is -0.681. The van der Waals surface area contributed by atoms with Crippen molar-refractivity contribution in [2.24, 2.45) is 44.8 Å². The molecule has 0 spiro atoms. The van der Waals surface area contributed by atoms with Crippen molar-refractivity contribution in [3.05, 3.63) is 113 Å². The lowest BCUT2D eigenvalue weighted by Crippen LogP contribution is -2.32. The smallest absolute Gasteiger partial charge is 0.392 e. The SMILES string of the molecule is CCCCNc1ccc(N=Nc2scc[n+]2C)cc1.CCCCc1ccc(N=Nc2scc[n+]2C)cc1.CCCNc1ccc(N=Nc2scc[n+]2CCO)cc1. The maximum absolute atomic E-state index is 8.95. The van der Waals surface area contributed by atoms with Gasteiger partial charge in [-0.2, -0.15) is 0 Å². The zero-order chi connectivity index (χ0) is 40.5. The van der Waals surface area contributed by atoms with Crippen molar-refractivity contribution in [1.82, 2.24) is 0 Å². The first-order valence-corrected chi connectivity index (χ1v) is 22.0. The van der Waals surface area contributed by atoms with Crippen LogP contribution in [0.5, 0.6) is 0 Å². The molecule has 0 saturated carbocycles. The highest BCUT2D eigenvalue weighted by atomic mass is 32.1. The van der Waals surface area contributed by atoms with Crippen molar-refractivity contribution in [3.63, 3.8) is 0 Å². The molecule has 0 radical (unpaired) electrons. The van der Waals surface area contributed by atoms with Crippen molar-refractivity contribution in [3.8, 4) is 0 Å². The highest BCUT2D eigenvalue weighted by molar-refractivity contribution is 7.13. The van der Waals surface area contributed by atoms with Crippen molar-refractivity contribution < 1.29 is 18.8 Å². The molecule has 0 unspecified atom stereocenters. The van der Waals surface area contributed by atoms with Crippen LogP contribution in [0, 0.1) is 0 Å². The van der Waals surface area contributed by atoms with Crippen LogP contribution in [0.2, 0.25) is 0 Å². The molecule has 300 valence electrons. The van der Waals surface area contributed by atoms with Gasteiger partial charge in [0.25, 0.3) is 0 Å². The van der Waals surface area contributed by atoms with Crippen LogP contribution in [0.15, 0.2) is 138 Å². The van der Waals surface area contributed by atoms with Crippen LogP contribution in [0.1, 0.15) is 58.4 Å². The molecular formula is C42H56N11OS3+3. The van der Waals surface area contributed by atoms with Gasteiger partial charge in [-0.25, -0.2) is 13.7 Å². The van der Waals surface area contributed by atoms with E-state index < -0.39 is 0 Å². The summed E-state index contributed by atoms with van der Waals surface area (Å²) in [6.07, 6.45) is 13.0. The molecule has 15 heteroatoms. The molecule has 0 bridgehead atoms. The summed E-state index contributed by atoms with van der Waals surface area (Å²) in [5.74, 6) is 0. The van der Waals surface area contributed by atoms with Crippen LogP contribution in [0.25, 0.3) is 0 Å². The van der Waals surface area contributed by atoms with Gasteiger partial charge in [-0.05, 0) is 141 Å². The van der Waals surface area contributed by atoms with Crippen LogP contribution in [-0.2, 0) is 27.1 Å². The molecule has 57 heavy (non-hydrogen) atoms. The Morgan fingerprint density at radius 2 is 0.982 bits per heavy atom. The number of rotatable bonds is 18. The van der Waals surface area contributed by atoms with E-state index in [2.05, 4.69) is 74.2 Å². The van der Waals surface area contributed by atoms with E-state index in [4.69, 9.17) is 5.11 Å². The molecule has 0 aliphatic heterocycles. The second-order valence-electron chi connectivity index (χ2n) is 12.9. The van der Waals surface area contributed by atoms with Crippen LogP contribution >= 0.6 is 34.0 Å². The minimum Gasteiger partial charge on any atom is -0.392 e. The second kappa shape index (κ2) is 25.9. The lowest BCUT2D eigenvalue weighted by Gasteiger charge is -2.04. The Labute approximate surface area is 349 Å². The molecule has 6 rings (SSSR count). The molecule has 3 N–H and O–H groups in total. The quantitative estimate of drug-likeness (QED) is 0.0453. The summed E-state index contributed by atoms with van der Waals surface area (Å²) in [5, 5.41) is 49.5. The van der Waals surface area contributed by atoms with Crippen LogP contribution in [0.3, 0.4) is 0 Å². The average Bonchev–Trinajstić information content (AvgIpc) is 3.99. The van der Waals surface area contributed by atoms with Crippen LogP contribution < -0.4 is 24.3 Å². The maximum Gasteiger partial charge on any atom is 0.408 e. The number of aryl methyl sites for hydroxylation is 3. The molecule has 0 aliphatic rings. The van der Waals surface area contributed by atoms with Gasteiger partial charge in [-0.3, -0.25) is 0 Å². The topological polar surface area (TPSA) is 130 Å². The molecule has 12 nitrogen and oxygen atoms in total. The van der Waals surface area contributed by atoms with Crippen molar-refractivity contribution >= 4 is 77.8 Å². The third-order valence-corrected chi connectivity index (χ3v) is 10.7. The normalized spacial score (nSPS) is 11.1. The molecule has 0 fully saturated rings. The van der Waals surface area contributed by atoms with Gasteiger partial charge in [0, 0.05) is 40.6 Å². The number of nitrogens with zero attached hydrogens (tertiary/aromatic N) is 9. The van der Waals surface area contributed by atoms with E-state index in [0.29, 0.717) is 6.54 Å². The Bertz CT molecular complexity index is 2070. The third kappa shape index (κ3) is 16.5. The number of anilines is 2. The molecule has 0 atom stereocenters. The van der Waals surface area contributed by atoms with Crippen LogP contribution in [0.4, 0.5) is 43.8 Å². The number of aliphatic hydroxyl groups is 1. The summed E-state index contributed by atoms with van der Waals surface area (Å²) >= 11 is 4.66. The van der Waals surface area contributed by atoms with E-state index in [1.165, 1.54) is 42.6 Å². The van der Waals surface area contributed by atoms with Gasteiger partial charge in [0.05, 0.1) is 36.0 Å². The molecule has 0 aliphatic carbocycles. The van der Waals surface area contributed by atoms with E-state index in [9.17, 15) is 0 Å². The van der Waals surface area contributed by atoms with Gasteiger partial charge in [-0.15, -0.1) is 0 Å². The molecule has 3 aromatic heterocycles. The summed E-state index contributed by atoms with van der Waals surface area (Å²) < 4.78 is 5.80. The number of hydrogen-bond donors (Lipinski definition) is 3. The summed E-state index contributed by atoms with van der Waals surface area (Å²) in [6, 6.07) is 24.2. The molecule has 6 aromatic rings. The van der Waals surface area contributed by atoms with Gasteiger partial charge >= 0.3 is 15.4 Å². The van der Waals surface area contributed by atoms with Crippen LogP contribution in [-0.4, -0.2) is 24.8 Å². The maximum atomic E-state index is 8.95. The fourth-order valence-corrected chi connectivity index (χ4v) is 6.95. The second-order valence-corrected chi connectivity index (χ2v) is 15.5. The Hall–Kier alpha value is -5.09. The molecule has 3 aromatic carbocycles. The first-order valence-electron chi connectivity index (χ1n) is 19.4. The molecule has 3 heterocycles. The van der Waals surface area contributed by atoms with E-state index in [-0.39, 0.29) is 6.61 Å². The molecule has 0 amide bonds. The number of unbranched alkanes of at least 4 members (excludes halogenated alkanes) is 2. The number of aromatic nitrogens is 3. The number of thiazole rings is 3. The first-order chi connectivity index (χ1) is 27.9. The Morgan fingerprint density at radius 1 is 0.526 bits per heavy atom. The number of nitrogens with one attached hydrogen (secondary N) is 2. The minimum atomic E-state index is 0.0989. The predicted octanol–water partition coefficient (Wildman–Crippen LogP) is 11.8. The van der Waals surface area contributed by atoms with Gasteiger partial charge in [0.1, 0.15) is 42.2 Å². The number of hydrogen-bond acceptors (Lipinski definition) is 12. The Kier molecular flexibility index (Phi) is 20.3. The third-order valence-electron chi connectivity index (χ3n) is 8.20. The lowest BCUT2D eigenvalue weighted by atomic mass is 10.1. The largest absolute Gasteiger partial charge is 0.408 e. The number of benzene rings is 3. The van der Waals surface area contributed by atoms with Gasteiger partial charge in [0.2, 0.25) is 0 Å². The fraction of sp³-hybridized carbons (Fsp3) is 0.357. The van der Waals surface area contributed by atoms with E-state index in [1.807, 2.05) is 123 Å². The summed E-state index contributed by atoms with van der Waals surface area (Å²) in [6.45, 7) is 9.16. The van der Waals surface area contributed by atoms with Gasteiger partial charge in [0.15, 0.2) is 0 Å². The van der Waals surface area contributed by atoms with E-state index >= 15 is 0 Å². The Balaban J connectivity index is 0.000000190. The standard InChI is InChI=1S/C14H18N4OS.C14H18N4S.C14H18N3S/c1-2-7-15-12-3-5-13(6-4-12)16-17-14-18(8-10-19)9-11-20-14;1-3-4-9-15-12-5-7-13(8-6-12)16-17-14-18(2)10-11-19-14;1-3-4-5-12-6-8-13(9-7-12)15-16-14-17(2)10-11-18-14/h3-6,9,11,19H,2,7-8,10H2,1H3;5-8,10-11H,3-4,9H2,1-2H3;6-11H,3-5H2,1-2H3/q;;+1/p+2. The molecule has 0 saturated heterocycles. The zero-order valence-electron chi connectivity index (χ0n) is 33.7. The number of aliphatic hydroxyl groups excluding tert-OH is 1. The highest BCUT2D eigenvalue weighted by Gasteiger charge is 2.11. The van der Waals surface area contributed by atoms with Crippen molar-refractivity contribution in [1.29, 1.82) is 0 Å². The zero-order valence-corrected chi connectivity index (χ0v) is 36.1. The summed E-state index contributed by atoms with van der Waals surface area (Å²) in [7, 11) is 3.93. The van der Waals surface area contributed by atoms with Crippen molar-refractivity contribution in [2.45, 2.75) is 65.8 Å². The average molecular weight is 827 g/mol. The summed E-state index contributed by atoms with van der Waals surface area (Å²) in [5.41, 5.74) is 6.19. The van der Waals surface area contributed by atoms with Crippen molar-refractivity contribution in [2.75, 3.05) is 30.3 Å².